The molecule has 0 unspecified atom stereocenters. The Kier molecular flexibility index (Phi) is 5.60. The Bertz CT molecular complexity index is 842. The molecule has 1 aliphatic rings. The lowest BCUT2D eigenvalue weighted by molar-refractivity contribution is -0.122. The third-order valence-electron chi connectivity index (χ3n) is 4.21. The van der Waals surface area contributed by atoms with E-state index in [-0.39, 0.29) is 30.2 Å². The molecular formula is C16H19F2N7O2. The summed E-state index contributed by atoms with van der Waals surface area (Å²) in [7, 11) is 1.58. The molecule has 0 spiro atoms. The van der Waals surface area contributed by atoms with Crippen molar-refractivity contribution in [3.63, 3.8) is 0 Å². The minimum Gasteiger partial charge on any atom is -0.358 e. The number of carbonyl (C=O) groups excluding carboxylic acids is 2. The average Bonchev–Trinajstić information content (AvgIpc) is 3.31. The Morgan fingerprint density at radius 2 is 2.19 bits per heavy atom. The molecule has 27 heavy (non-hydrogen) atoms. The van der Waals surface area contributed by atoms with Gasteiger partial charge in [-0.05, 0) is 18.6 Å². The molecule has 0 aliphatic carbocycles. The summed E-state index contributed by atoms with van der Waals surface area (Å²) in [5.74, 6) is -1.67. The number of urea groups is 1. The second kappa shape index (κ2) is 8.08. The van der Waals surface area contributed by atoms with Gasteiger partial charge in [-0.2, -0.15) is 0 Å². The summed E-state index contributed by atoms with van der Waals surface area (Å²) in [6, 6.07) is 1.92. The van der Waals surface area contributed by atoms with Crippen LogP contribution in [0.1, 0.15) is 18.2 Å². The normalized spacial score (nSPS) is 18.9. The predicted molar refractivity (Wildman–Crippen MR) is 91.7 cm³/mol. The van der Waals surface area contributed by atoms with Gasteiger partial charge in [0, 0.05) is 19.7 Å². The molecule has 1 saturated heterocycles. The van der Waals surface area contributed by atoms with E-state index in [1.165, 1.54) is 0 Å². The van der Waals surface area contributed by atoms with Gasteiger partial charge < -0.3 is 21.3 Å². The van der Waals surface area contributed by atoms with E-state index < -0.39 is 17.7 Å². The van der Waals surface area contributed by atoms with Gasteiger partial charge in [0.25, 0.3) is 0 Å². The molecule has 144 valence electrons. The Morgan fingerprint density at radius 3 is 2.93 bits per heavy atom. The second-order valence-corrected chi connectivity index (χ2v) is 6.09. The highest BCUT2D eigenvalue weighted by molar-refractivity contribution is 5.89. The first kappa shape index (κ1) is 18.7. The van der Waals surface area contributed by atoms with Crippen LogP contribution < -0.4 is 21.3 Å². The first-order chi connectivity index (χ1) is 13.0. The molecule has 0 radical (unpaired) electrons. The number of rotatable bonds is 5. The number of carbonyl (C=O) groups is 2. The molecule has 1 aliphatic heterocycles. The summed E-state index contributed by atoms with van der Waals surface area (Å²) in [4.78, 5) is 23.5. The number of amides is 3. The summed E-state index contributed by atoms with van der Waals surface area (Å²) in [5.41, 5.74) is 0.378. The van der Waals surface area contributed by atoms with Crippen molar-refractivity contribution in [2.75, 3.05) is 18.9 Å². The largest absolute Gasteiger partial charge is 0.358 e. The van der Waals surface area contributed by atoms with Crippen molar-refractivity contribution in [1.82, 2.24) is 30.9 Å². The van der Waals surface area contributed by atoms with Crippen LogP contribution in [0.15, 0.2) is 24.4 Å². The fraction of sp³-hybridized carbons (Fsp3) is 0.375. The van der Waals surface area contributed by atoms with Crippen molar-refractivity contribution >= 4 is 17.6 Å². The molecule has 3 rings (SSSR count). The van der Waals surface area contributed by atoms with Crippen LogP contribution in [-0.4, -0.2) is 46.6 Å². The summed E-state index contributed by atoms with van der Waals surface area (Å²) >= 11 is 0. The van der Waals surface area contributed by atoms with Gasteiger partial charge in [-0.1, -0.05) is 5.21 Å². The summed E-state index contributed by atoms with van der Waals surface area (Å²) < 4.78 is 28.0. The van der Waals surface area contributed by atoms with Crippen molar-refractivity contribution in [3.05, 3.63) is 41.7 Å². The fourth-order valence-corrected chi connectivity index (χ4v) is 2.79. The number of hydrogen-bond acceptors (Lipinski definition) is 5. The van der Waals surface area contributed by atoms with Gasteiger partial charge in [-0.15, -0.1) is 5.10 Å². The van der Waals surface area contributed by atoms with Gasteiger partial charge in [0.1, 0.15) is 17.3 Å². The first-order valence-corrected chi connectivity index (χ1v) is 8.32. The van der Waals surface area contributed by atoms with E-state index in [9.17, 15) is 18.4 Å². The topological polar surface area (TPSA) is 113 Å². The zero-order chi connectivity index (χ0) is 19.4. The van der Waals surface area contributed by atoms with Gasteiger partial charge in [0.15, 0.2) is 0 Å². The second-order valence-electron chi connectivity index (χ2n) is 6.09. The molecule has 0 saturated carbocycles. The molecule has 0 bridgehead atoms. The van der Waals surface area contributed by atoms with E-state index in [4.69, 9.17) is 0 Å². The van der Waals surface area contributed by atoms with Gasteiger partial charge in [-0.25, -0.2) is 18.3 Å². The molecular weight excluding hydrogens is 360 g/mol. The highest BCUT2D eigenvalue weighted by Gasteiger charge is 2.30. The number of hydrogen-bond donors (Lipinski definition) is 4. The van der Waals surface area contributed by atoms with Crippen LogP contribution in [0.2, 0.25) is 0 Å². The van der Waals surface area contributed by atoms with Gasteiger partial charge >= 0.3 is 6.03 Å². The van der Waals surface area contributed by atoms with Crippen LogP contribution in [0.4, 0.5) is 19.3 Å². The van der Waals surface area contributed by atoms with Gasteiger partial charge in [0.05, 0.1) is 30.5 Å². The predicted octanol–water partition coefficient (Wildman–Crippen LogP) is 0.527. The lowest BCUT2D eigenvalue weighted by Gasteiger charge is -2.09. The van der Waals surface area contributed by atoms with Crippen molar-refractivity contribution in [2.45, 2.75) is 25.0 Å². The molecule has 2 aromatic rings. The summed E-state index contributed by atoms with van der Waals surface area (Å²) in [6.07, 6.45) is 2.26. The molecule has 3 amide bonds. The minimum atomic E-state index is -0.865. The Hall–Kier alpha value is -3.08. The SMILES string of the molecule is CNC(=O)[C@@H]1C[C@H](n2cc(CNC(=O)Nc3ccc(F)cc3F)nn2)CN1. The quantitative estimate of drug-likeness (QED) is 0.605. The number of benzene rings is 1. The van der Waals surface area contributed by atoms with Gasteiger partial charge in [0.2, 0.25) is 5.91 Å². The lowest BCUT2D eigenvalue weighted by Crippen LogP contribution is -2.38. The smallest absolute Gasteiger partial charge is 0.319 e. The van der Waals surface area contributed by atoms with Crippen LogP contribution in [-0.2, 0) is 11.3 Å². The number of nitrogens with one attached hydrogen (secondary N) is 4. The van der Waals surface area contributed by atoms with Crippen molar-refractivity contribution < 1.29 is 18.4 Å². The van der Waals surface area contributed by atoms with E-state index in [1.807, 2.05) is 0 Å². The zero-order valence-electron chi connectivity index (χ0n) is 14.5. The van der Waals surface area contributed by atoms with E-state index in [0.717, 1.165) is 12.1 Å². The average molecular weight is 379 g/mol. The van der Waals surface area contributed by atoms with E-state index in [2.05, 4.69) is 31.6 Å². The van der Waals surface area contributed by atoms with Crippen LogP contribution in [0, 0.1) is 11.6 Å². The van der Waals surface area contributed by atoms with Crippen molar-refractivity contribution in [3.8, 4) is 0 Å². The minimum absolute atomic E-state index is 0.0179. The number of anilines is 1. The zero-order valence-corrected chi connectivity index (χ0v) is 14.5. The molecule has 11 heteroatoms. The molecule has 2 atom stereocenters. The molecule has 1 aromatic carbocycles. The summed E-state index contributed by atoms with van der Waals surface area (Å²) in [6.45, 7) is 0.659. The Morgan fingerprint density at radius 1 is 1.37 bits per heavy atom. The van der Waals surface area contributed by atoms with Crippen molar-refractivity contribution in [1.29, 1.82) is 0 Å². The number of likely N-dealkylation sites (N-methyl/N-ethyl adjacent to an activating group) is 1. The molecule has 4 N–H and O–H groups in total. The third-order valence-corrected chi connectivity index (χ3v) is 4.21. The lowest BCUT2D eigenvalue weighted by atomic mass is 10.1. The number of halogens is 2. The van der Waals surface area contributed by atoms with E-state index >= 15 is 0 Å². The molecule has 2 heterocycles. The van der Waals surface area contributed by atoms with Crippen LogP contribution >= 0.6 is 0 Å². The maximum Gasteiger partial charge on any atom is 0.319 e. The molecule has 1 aromatic heterocycles. The van der Waals surface area contributed by atoms with E-state index in [0.29, 0.717) is 24.7 Å². The first-order valence-electron chi connectivity index (χ1n) is 8.32. The highest BCUT2D eigenvalue weighted by atomic mass is 19.1. The van der Waals surface area contributed by atoms with Crippen LogP contribution in [0.25, 0.3) is 0 Å². The van der Waals surface area contributed by atoms with Crippen LogP contribution in [0.3, 0.4) is 0 Å². The number of nitrogens with zero attached hydrogens (tertiary/aromatic N) is 3. The maximum absolute atomic E-state index is 13.5. The third kappa shape index (κ3) is 4.56. The van der Waals surface area contributed by atoms with Crippen molar-refractivity contribution in [2.24, 2.45) is 0 Å². The summed E-state index contributed by atoms with van der Waals surface area (Å²) in [5, 5.41) is 18.5. The number of aromatic nitrogens is 3. The Labute approximate surface area is 153 Å². The standard InChI is InChI=1S/C16H19F2N7O2/c1-19-15(26)14-5-11(7-20-14)25-8-10(23-24-25)6-21-16(27)22-13-3-2-9(17)4-12(13)18/h2-4,8,11,14,20H,5-7H2,1H3,(H,19,26)(H2,21,22,27)/t11-,14-/m0/s1. The fourth-order valence-electron chi connectivity index (χ4n) is 2.79. The Balaban J connectivity index is 1.51. The molecule has 1 fully saturated rings. The van der Waals surface area contributed by atoms with Crippen LogP contribution in [0.5, 0.6) is 0 Å². The molecule has 9 nitrogen and oxygen atoms in total. The van der Waals surface area contributed by atoms with E-state index in [1.54, 1.807) is 17.9 Å². The maximum atomic E-state index is 13.5. The van der Waals surface area contributed by atoms with Gasteiger partial charge in [-0.3, -0.25) is 4.79 Å². The monoisotopic (exact) mass is 379 g/mol. The highest BCUT2D eigenvalue weighted by Crippen LogP contribution is 2.19.